The van der Waals surface area contributed by atoms with Crippen LogP contribution < -0.4 is 0 Å². The third-order valence-corrected chi connectivity index (χ3v) is 0. The topological polar surface area (TPSA) is 23.8 Å². The SMILES string of the molecule is N#[C][Ni].[RbH]. The molecule has 0 rings (SSSR count). The number of hydrogen-bond acceptors (Lipinski definition) is 1. The molecule has 1 nitrogen and oxygen atoms in total. The number of hydrogen-bond donors (Lipinski definition) is 0. The molecule has 0 amide bonds. The van der Waals surface area contributed by atoms with Gasteiger partial charge in [0.15, 0.2) is 0 Å². The first-order valence-corrected chi connectivity index (χ1v) is 0.876. The van der Waals surface area contributed by atoms with Crippen molar-refractivity contribution in [2.45, 2.75) is 0 Å². The molecule has 0 aliphatic heterocycles. The van der Waals surface area contributed by atoms with Crippen molar-refractivity contribution in [1.82, 2.24) is 0 Å². The predicted molar refractivity (Wildman–Crippen MR) is 12.8 cm³/mol. The number of rotatable bonds is 0. The van der Waals surface area contributed by atoms with Gasteiger partial charge < -0.3 is 0 Å². The predicted octanol–water partition coefficient (Wildman–Crippen LogP) is -0.634. The third kappa shape index (κ3) is 9.21. The molecule has 0 heterocycles. The van der Waals surface area contributed by atoms with E-state index in [2.05, 4.69) is 15.5 Å². The summed E-state index contributed by atoms with van der Waals surface area (Å²) in [5.74, 6) is 0. The third-order valence-electron chi connectivity index (χ3n) is 0. The Morgan fingerprint density at radius 1 is 1.75 bits per heavy atom. The van der Waals surface area contributed by atoms with Crippen LogP contribution in [0.4, 0.5) is 0 Å². The molecular formula is CHNNiRb. The average Bonchev–Trinajstić information content (AvgIpc) is 0.918. The zero-order valence-corrected chi connectivity index (χ0v) is 2.25. The van der Waals surface area contributed by atoms with E-state index in [1.54, 1.807) is 0 Å². The van der Waals surface area contributed by atoms with Crippen molar-refractivity contribution in [3.8, 4) is 5.04 Å². The summed E-state index contributed by atoms with van der Waals surface area (Å²) >= 11 is 3.47. The number of nitriles is 1. The summed E-state index contributed by atoms with van der Waals surface area (Å²) in [5, 5.41) is 8.53. The second-order valence-electron chi connectivity index (χ2n) is 0.0707. The van der Waals surface area contributed by atoms with E-state index in [9.17, 15) is 0 Å². The Morgan fingerprint density at radius 2 is 1.75 bits per heavy atom. The maximum atomic E-state index is 7.15. The molecule has 0 spiro atoms. The van der Waals surface area contributed by atoms with E-state index >= 15 is 0 Å². The normalized spacial score (nSPS) is 2.25. The average molecular weight is 171 g/mol. The van der Waals surface area contributed by atoms with Gasteiger partial charge in [-0.1, -0.05) is 0 Å². The molecule has 0 N–H and O–H groups in total. The quantitative estimate of drug-likeness (QED) is 0.445. The van der Waals surface area contributed by atoms with Crippen molar-refractivity contribution >= 4 is 58.2 Å². The van der Waals surface area contributed by atoms with E-state index in [0.29, 0.717) is 0 Å². The molecule has 0 aromatic heterocycles. The van der Waals surface area contributed by atoms with Crippen LogP contribution >= 0.6 is 0 Å². The molecule has 0 fully saturated rings. The van der Waals surface area contributed by atoms with E-state index in [-0.39, 0.29) is 58.2 Å². The molecule has 0 aromatic carbocycles. The Bertz CT molecular complexity index is 29.5. The van der Waals surface area contributed by atoms with Crippen LogP contribution in [0.1, 0.15) is 0 Å². The second kappa shape index (κ2) is 8.84. The molecule has 0 saturated heterocycles. The summed E-state index contributed by atoms with van der Waals surface area (Å²) in [5.41, 5.74) is 0. The van der Waals surface area contributed by atoms with Crippen LogP contribution in [-0.2, 0) is 15.5 Å². The Kier molecular flexibility index (Phi) is 20.4. The molecule has 0 bridgehead atoms. The molecule has 0 atom stereocenters. The summed E-state index contributed by atoms with van der Waals surface area (Å²) in [7, 11) is 0. The Balaban J connectivity index is 0. The fourth-order valence-corrected chi connectivity index (χ4v) is 0. The molecule has 0 aliphatic carbocycles. The Morgan fingerprint density at radius 3 is 1.75 bits per heavy atom. The van der Waals surface area contributed by atoms with Crippen molar-refractivity contribution < 1.29 is 15.5 Å². The number of nitrogens with zero attached hydrogens (tertiary/aromatic N) is 1. The molecule has 0 aliphatic rings. The van der Waals surface area contributed by atoms with E-state index in [1.807, 2.05) is 0 Å². The molecule has 3 heteroatoms. The second-order valence-corrected chi connectivity index (χ2v) is 0.292. The van der Waals surface area contributed by atoms with Gasteiger partial charge in [-0.05, 0) is 0 Å². The fraction of sp³-hybridized carbons (Fsp3) is 0. The molecule has 21 valence electrons. The zero-order chi connectivity index (χ0) is 2.71. The van der Waals surface area contributed by atoms with E-state index < -0.39 is 0 Å². The van der Waals surface area contributed by atoms with Crippen LogP contribution in [0, 0.1) is 10.3 Å². The maximum absolute atomic E-state index is 7.15. The van der Waals surface area contributed by atoms with Crippen molar-refractivity contribution in [3.05, 3.63) is 0 Å². The molecule has 0 radical (unpaired) electrons. The van der Waals surface area contributed by atoms with Crippen LogP contribution in [0.25, 0.3) is 0 Å². The first-order chi connectivity index (χ1) is 1.41. The van der Waals surface area contributed by atoms with Crippen molar-refractivity contribution in [2.24, 2.45) is 0 Å². The van der Waals surface area contributed by atoms with Gasteiger partial charge in [0.1, 0.15) is 0 Å². The van der Waals surface area contributed by atoms with Gasteiger partial charge in [-0.25, -0.2) is 0 Å². The van der Waals surface area contributed by atoms with E-state index in [0.717, 1.165) is 0 Å². The minimum absolute atomic E-state index is 0. The van der Waals surface area contributed by atoms with Gasteiger partial charge in [0.05, 0.1) is 0 Å². The van der Waals surface area contributed by atoms with Gasteiger partial charge in [0, 0.05) is 0 Å². The molecule has 0 aromatic rings. The van der Waals surface area contributed by atoms with E-state index in [4.69, 9.17) is 5.26 Å². The summed E-state index contributed by atoms with van der Waals surface area (Å²) < 4.78 is 0. The molecule has 0 unspecified atom stereocenters. The minimum atomic E-state index is 0. The summed E-state index contributed by atoms with van der Waals surface area (Å²) in [6, 6.07) is 0. The van der Waals surface area contributed by atoms with Gasteiger partial charge in [-0.2, -0.15) is 0 Å². The summed E-state index contributed by atoms with van der Waals surface area (Å²) in [6.07, 6.45) is 0. The van der Waals surface area contributed by atoms with Crippen LogP contribution in [-0.4, -0.2) is 58.2 Å². The van der Waals surface area contributed by atoms with Gasteiger partial charge in [0.25, 0.3) is 0 Å². The molecular weight excluding hydrogens is 170 g/mol. The zero-order valence-electron chi connectivity index (χ0n) is 1.26. The van der Waals surface area contributed by atoms with Gasteiger partial charge >= 0.3 is 84.0 Å². The van der Waals surface area contributed by atoms with Crippen molar-refractivity contribution in [2.75, 3.05) is 0 Å². The summed E-state index contributed by atoms with van der Waals surface area (Å²) in [4.78, 5) is 0. The Hall–Kier alpha value is 1.79. The monoisotopic (exact) mass is 170 g/mol. The van der Waals surface area contributed by atoms with Crippen LogP contribution in [0.3, 0.4) is 0 Å². The van der Waals surface area contributed by atoms with E-state index in [1.165, 1.54) is 5.04 Å². The van der Waals surface area contributed by atoms with Crippen molar-refractivity contribution in [1.29, 1.82) is 5.26 Å². The molecule has 4 heavy (non-hydrogen) atoms. The summed E-state index contributed by atoms with van der Waals surface area (Å²) in [6.45, 7) is 0. The molecule has 0 saturated carbocycles. The Labute approximate surface area is 81.9 Å². The van der Waals surface area contributed by atoms with Crippen LogP contribution in [0.15, 0.2) is 0 Å². The first kappa shape index (κ1) is 9.25. The van der Waals surface area contributed by atoms with Crippen LogP contribution in [0.2, 0.25) is 0 Å². The fourth-order valence-electron chi connectivity index (χ4n) is 0. The standard InChI is InChI=1S/CN.Ni.Rb.H/c1-2;;;. The van der Waals surface area contributed by atoms with Gasteiger partial charge in [-0.3, -0.25) is 0 Å². The van der Waals surface area contributed by atoms with Gasteiger partial charge in [0.2, 0.25) is 0 Å². The van der Waals surface area contributed by atoms with Crippen molar-refractivity contribution in [3.63, 3.8) is 0 Å². The van der Waals surface area contributed by atoms with Crippen LogP contribution in [0.5, 0.6) is 0 Å². The first-order valence-electron chi connectivity index (χ1n) is 0.382. The van der Waals surface area contributed by atoms with Gasteiger partial charge in [-0.15, -0.1) is 0 Å².